The molecule has 0 fully saturated rings. The monoisotopic (exact) mass is 331 g/mol. The molecule has 124 valence electrons. The number of hydrogen-bond donors (Lipinski definition) is 0. The van der Waals surface area contributed by atoms with E-state index in [0.29, 0.717) is 11.5 Å². The van der Waals surface area contributed by atoms with E-state index in [0.717, 1.165) is 12.1 Å². The fourth-order valence-electron chi connectivity index (χ4n) is 2.22. The molecule has 1 aromatic heterocycles. The van der Waals surface area contributed by atoms with E-state index in [-0.39, 0.29) is 11.4 Å². The van der Waals surface area contributed by atoms with Crippen LogP contribution in [0.1, 0.15) is 30.1 Å². The Morgan fingerprint density at radius 2 is 1.92 bits per heavy atom. The van der Waals surface area contributed by atoms with Crippen molar-refractivity contribution in [2.75, 3.05) is 0 Å². The molecule has 2 aromatic rings. The lowest BCUT2D eigenvalue weighted by molar-refractivity contribution is -0.125. The summed E-state index contributed by atoms with van der Waals surface area (Å²) in [7, 11) is 0. The molecule has 1 heterocycles. The standard InChI is InChI=1S/C17H15F2N3O2/c1-9-6-16(22-11(3)21-9)13(8-20)17(23)10(2)24-12-4-5-14(18)15(19)7-12/h4-7,10,13H,1-3H3/t10-,13-/m1/s1. The number of aromatic nitrogens is 2. The van der Waals surface area contributed by atoms with Crippen LogP contribution in [0.2, 0.25) is 0 Å². The van der Waals surface area contributed by atoms with Gasteiger partial charge in [0.25, 0.3) is 0 Å². The van der Waals surface area contributed by atoms with Gasteiger partial charge in [0.2, 0.25) is 0 Å². The normalized spacial score (nSPS) is 13.0. The summed E-state index contributed by atoms with van der Waals surface area (Å²) in [6, 6.07) is 6.43. The summed E-state index contributed by atoms with van der Waals surface area (Å²) in [5, 5.41) is 9.33. The molecule has 0 unspecified atom stereocenters. The van der Waals surface area contributed by atoms with E-state index in [1.165, 1.54) is 13.0 Å². The summed E-state index contributed by atoms with van der Waals surface area (Å²) < 4.78 is 31.4. The number of benzene rings is 1. The van der Waals surface area contributed by atoms with Crippen molar-refractivity contribution in [3.63, 3.8) is 0 Å². The number of carbonyl (C=O) groups is 1. The van der Waals surface area contributed by atoms with Crippen LogP contribution in [0.4, 0.5) is 8.78 Å². The number of carbonyl (C=O) groups excluding carboxylic acids is 1. The third kappa shape index (κ3) is 3.90. The van der Waals surface area contributed by atoms with Gasteiger partial charge in [-0.15, -0.1) is 0 Å². The molecule has 1 aromatic carbocycles. The van der Waals surface area contributed by atoms with Gasteiger partial charge >= 0.3 is 0 Å². The van der Waals surface area contributed by atoms with Crippen LogP contribution >= 0.6 is 0 Å². The van der Waals surface area contributed by atoms with E-state index in [2.05, 4.69) is 9.97 Å². The van der Waals surface area contributed by atoms with Crippen molar-refractivity contribution in [2.24, 2.45) is 0 Å². The van der Waals surface area contributed by atoms with E-state index in [4.69, 9.17) is 4.74 Å². The third-order valence-electron chi connectivity index (χ3n) is 3.30. The summed E-state index contributed by atoms with van der Waals surface area (Å²) in [6.45, 7) is 4.84. The minimum absolute atomic E-state index is 0.00138. The number of Topliss-reactive ketones (excluding diaryl/α,β-unsaturated/α-hetero) is 1. The second-order valence-corrected chi connectivity index (χ2v) is 5.28. The Morgan fingerprint density at radius 3 is 2.50 bits per heavy atom. The summed E-state index contributed by atoms with van der Waals surface area (Å²) in [5.41, 5.74) is 0.924. The molecule has 0 radical (unpaired) electrons. The lowest BCUT2D eigenvalue weighted by atomic mass is 9.97. The number of nitrogens with zero attached hydrogens (tertiary/aromatic N) is 3. The Kier molecular flexibility index (Phi) is 5.19. The number of rotatable bonds is 5. The first-order valence-corrected chi connectivity index (χ1v) is 7.19. The zero-order chi connectivity index (χ0) is 17.9. The Balaban J connectivity index is 2.21. The molecule has 0 aliphatic rings. The van der Waals surface area contributed by atoms with Crippen LogP contribution in [-0.2, 0) is 4.79 Å². The Hall–Kier alpha value is -2.88. The maximum atomic E-state index is 13.2. The molecular weight excluding hydrogens is 316 g/mol. The van der Waals surface area contributed by atoms with E-state index >= 15 is 0 Å². The SMILES string of the molecule is Cc1cc([C@@H](C#N)C(=O)[C@@H](C)Oc2ccc(F)c(F)c2)nc(C)n1. The summed E-state index contributed by atoms with van der Waals surface area (Å²) in [6.07, 6.45) is -1.03. The maximum Gasteiger partial charge on any atom is 0.196 e. The summed E-state index contributed by atoms with van der Waals surface area (Å²) in [5.74, 6) is -3.30. The zero-order valence-electron chi connectivity index (χ0n) is 13.4. The molecule has 0 N–H and O–H groups in total. The van der Waals surface area contributed by atoms with Gasteiger partial charge in [0.15, 0.2) is 29.4 Å². The molecule has 5 nitrogen and oxygen atoms in total. The highest BCUT2D eigenvalue weighted by molar-refractivity contribution is 5.91. The zero-order valence-corrected chi connectivity index (χ0v) is 13.4. The van der Waals surface area contributed by atoms with Crippen LogP contribution in [-0.4, -0.2) is 21.9 Å². The number of nitriles is 1. The molecule has 0 saturated heterocycles. The van der Waals surface area contributed by atoms with Crippen LogP contribution in [0.25, 0.3) is 0 Å². The van der Waals surface area contributed by atoms with Crippen molar-refractivity contribution >= 4 is 5.78 Å². The average molecular weight is 331 g/mol. The lowest BCUT2D eigenvalue weighted by Crippen LogP contribution is -2.29. The quantitative estimate of drug-likeness (QED) is 0.842. The fraction of sp³-hybridized carbons (Fsp3) is 0.294. The fourth-order valence-corrected chi connectivity index (χ4v) is 2.22. The molecule has 7 heteroatoms. The lowest BCUT2D eigenvalue weighted by Gasteiger charge is -2.17. The predicted octanol–water partition coefficient (Wildman–Crippen LogP) is 3.02. The van der Waals surface area contributed by atoms with Crippen LogP contribution < -0.4 is 4.74 Å². The first-order chi connectivity index (χ1) is 11.3. The van der Waals surface area contributed by atoms with Gasteiger partial charge in [-0.3, -0.25) is 4.79 Å². The van der Waals surface area contributed by atoms with Gasteiger partial charge in [-0.2, -0.15) is 5.26 Å². The van der Waals surface area contributed by atoms with Gasteiger partial charge in [0.1, 0.15) is 11.6 Å². The van der Waals surface area contributed by atoms with Crippen LogP contribution in [0, 0.1) is 36.8 Å². The Morgan fingerprint density at radius 1 is 1.21 bits per heavy atom. The number of ether oxygens (including phenoxy) is 1. The minimum atomic E-state index is -1.13. The van der Waals surface area contributed by atoms with Gasteiger partial charge < -0.3 is 4.74 Å². The number of ketones is 1. The van der Waals surface area contributed by atoms with Gasteiger partial charge in [-0.25, -0.2) is 18.7 Å². The van der Waals surface area contributed by atoms with Crippen molar-refractivity contribution in [1.29, 1.82) is 5.26 Å². The number of halogens is 2. The second-order valence-electron chi connectivity index (χ2n) is 5.28. The van der Waals surface area contributed by atoms with Crippen molar-refractivity contribution in [1.82, 2.24) is 9.97 Å². The third-order valence-corrected chi connectivity index (χ3v) is 3.30. The predicted molar refractivity (Wildman–Crippen MR) is 81.3 cm³/mol. The molecule has 0 amide bonds. The summed E-state index contributed by atoms with van der Waals surface area (Å²) >= 11 is 0. The molecule has 2 atom stereocenters. The van der Waals surface area contributed by atoms with Gasteiger partial charge in [0.05, 0.1) is 11.8 Å². The van der Waals surface area contributed by atoms with Gasteiger partial charge in [-0.1, -0.05) is 0 Å². The Labute approximate surface area is 137 Å². The van der Waals surface area contributed by atoms with E-state index < -0.39 is 29.4 Å². The topological polar surface area (TPSA) is 75.9 Å². The first-order valence-electron chi connectivity index (χ1n) is 7.19. The highest BCUT2D eigenvalue weighted by Crippen LogP contribution is 2.21. The van der Waals surface area contributed by atoms with Crippen LogP contribution in [0.3, 0.4) is 0 Å². The van der Waals surface area contributed by atoms with Gasteiger partial charge in [-0.05, 0) is 39.0 Å². The largest absolute Gasteiger partial charge is 0.483 e. The number of hydrogen-bond acceptors (Lipinski definition) is 5. The molecule has 2 rings (SSSR count). The smallest absolute Gasteiger partial charge is 0.196 e. The van der Waals surface area contributed by atoms with Crippen molar-refractivity contribution in [2.45, 2.75) is 32.8 Å². The highest BCUT2D eigenvalue weighted by Gasteiger charge is 2.28. The van der Waals surface area contributed by atoms with Gasteiger partial charge in [0, 0.05) is 11.8 Å². The average Bonchev–Trinajstić information content (AvgIpc) is 2.50. The molecule has 0 bridgehead atoms. The highest BCUT2D eigenvalue weighted by atomic mass is 19.2. The molecule has 0 saturated carbocycles. The van der Waals surface area contributed by atoms with Crippen LogP contribution in [0.5, 0.6) is 5.75 Å². The minimum Gasteiger partial charge on any atom is -0.483 e. The van der Waals surface area contributed by atoms with Crippen molar-refractivity contribution in [3.8, 4) is 11.8 Å². The van der Waals surface area contributed by atoms with Crippen molar-refractivity contribution < 1.29 is 18.3 Å². The Bertz CT molecular complexity index is 798. The summed E-state index contributed by atoms with van der Waals surface area (Å²) in [4.78, 5) is 20.7. The second kappa shape index (κ2) is 7.13. The molecule has 0 aliphatic carbocycles. The van der Waals surface area contributed by atoms with E-state index in [1.807, 2.05) is 6.07 Å². The van der Waals surface area contributed by atoms with E-state index in [9.17, 15) is 18.8 Å². The van der Waals surface area contributed by atoms with E-state index in [1.54, 1.807) is 19.9 Å². The molecule has 0 spiro atoms. The molecule has 24 heavy (non-hydrogen) atoms. The number of aryl methyl sites for hydroxylation is 2. The molecular formula is C17H15F2N3O2. The van der Waals surface area contributed by atoms with Crippen LogP contribution in [0.15, 0.2) is 24.3 Å². The molecule has 0 aliphatic heterocycles. The first kappa shape index (κ1) is 17.5. The maximum absolute atomic E-state index is 13.2. The van der Waals surface area contributed by atoms with Crippen molar-refractivity contribution in [3.05, 3.63) is 53.1 Å².